The summed E-state index contributed by atoms with van der Waals surface area (Å²) in [6.07, 6.45) is 0.815. The summed E-state index contributed by atoms with van der Waals surface area (Å²) in [4.78, 5) is 24.1. The van der Waals surface area contributed by atoms with Gasteiger partial charge in [0.1, 0.15) is 10.4 Å². The van der Waals surface area contributed by atoms with Crippen LogP contribution >= 0.6 is 15.9 Å². The molecule has 1 aromatic carbocycles. The molecule has 1 atom stereocenters. The van der Waals surface area contributed by atoms with Crippen molar-refractivity contribution in [3.8, 4) is 11.3 Å². The Morgan fingerprint density at radius 2 is 2.00 bits per heavy atom. The third kappa shape index (κ3) is 4.24. The van der Waals surface area contributed by atoms with E-state index in [1.807, 2.05) is 43.3 Å². The lowest BCUT2D eigenvalue weighted by atomic mass is 10.1. The van der Waals surface area contributed by atoms with Gasteiger partial charge < -0.3 is 5.32 Å². The van der Waals surface area contributed by atoms with Crippen LogP contribution in [0.3, 0.4) is 0 Å². The molecule has 0 bridgehead atoms. The van der Waals surface area contributed by atoms with Gasteiger partial charge in [-0.1, -0.05) is 29.8 Å². The van der Waals surface area contributed by atoms with Crippen LogP contribution in [0.25, 0.3) is 11.3 Å². The number of rotatable bonds is 2. The zero-order valence-corrected chi connectivity index (χ0v) is 17.9. The Balaban J connectivity index is 1.72. The van der Waals surface area contributed by atoms with Gasteiger partial charge in [-0.25, -0.2) is 14.8 Å². The summed E-state index contributed by atoms with van der Waals surface area (Å²) < 4.78 is 0.668. The van der Waals surface area contributed by atoms with Crippen molar-refractivity contribution in [3.05, 3.63) is 64.8 Å². The minimum absolute atomic E-state index is 0.0174. The lowest BCUT2D eigenvalue weighted by Gasteiger charge is -2.27. The van der Waals surface area contributed by atoms with Gasteiger partial charge in [0, 0.05) is 18.2 Å². The van der Waals surface area contributed by atoms with Crippen LogP contribution in [0.4, 0.5) is 22.1 Å². The van der Waals surface area contributed by atoms with Gasteiger partial charge in [0.25, 0.3) is 0 Å². The van der Waals surface area contributed by atoms with Crippen LogP contribution in [0.15, 0.2) is 59.2 Å². The van der Waals surface area contributed by atoms with E-state index in [1.54, 1.807) is 11.0 Å². The van der Waals surface area contributed by atoms with Gasteiger partial charge in [-0.05, 0) is 66.5 Å². The largest absolute Gasteiger partial charge is 0.382 e. The smallest absolute Gasteiger partial charge is 0.328 e. The number of halogens is 1. The van der Waals surface area contributed by atoms with Crippen LogP contribution < -0.4 is 15.5 Å². The Kier molecular flexibility index (Phi) is 5.49. The van der Waals surface area contributed by atoms with Crippen molar-refractivity contribution >= 4 is 39.3 Å². The average molecular weight is 452 g/mol. The fraction of sp³-hybridized carbons (Fsp3) is 0.227. The minimum Gasteiger partial charge on any atom is -0.382 e. The molecule has 2 amide bonds. The molecule has 0 radical (unpaired) electrons. The molecule has 0 fully saturated rings. The number of hydrogen-bond donors (Lipinski definition) is 2. The Hall–Kier alpha value is -2.93. The van der Waals surface area contributed by atoms with E-state index in [0.29, 0.717) is 16.2 Å². The number of fused-ring (bicyclic) bond motifs is 1. The Morgan fingerprint density at radius 3 is 2.79 bits per heavy atom. The molecule has 7 heteroatoms. The van der Waals surface area contributed by atoms with Gasteiger partial charge in [0.15, 0.2) is 5.82 Å². The second kappa shape index (κ2) is 8.21. The Bertz CT molecular complexity index is 1050. The van der Waals surface area contributed by atoms with Crippen LogP contribution in [-0.2, 0) is 0 Å². The molecule has 0 spiro atoms. The summed E-state index contributed by atoms with van der Waals surface area (Å²) >= 11 is 3.34. The molecule has 0 saturated carbocycles. The van der Waals surface area contributed by atoms with Gasteiger partial charge in [0.05, 0.1) is 11.4 Å². The summed E-state index contributed by atoms with van der Waals surface area (Å²) in [5.74, 6) is 1.12. The molecule has 2 N–H and O–H groups in total. The van der Waals surface area contributed by atoms with Gasteiger partial charge >= 0.3 is 6.03 Å². The molecule has 4 rings (SSSR count). The van der Waals surface area contributed by atoms with E-state index in [9.17, 15) is 4.79 Å². The highest BCUT2D eigenvalue weighted by Gasteiger charge is 2.29. The first kappa shape index (κ1) is 19.4. The van der Waals surface area contributed by atoms with E-state index in [0.717, 1.165) is 29.9 Å². The molecule has 148 valence electrons. The number of anilines is 3. The van der Waals surface area contributed by atoms with Gasteiger partial charge in [-0.15, -0.1) is 0 Å². The molecular weight excluding hydrogens is 430 g/mol. The number of urea groups is 1. The number of amides is 2. The van der Waals surface area contributed by atoms with Crippen molar-refractivity contribution in [3.63, 3.8) is 0 Å². The van der Waals surface area contributed by atoms with Crippen molar-refractivity contribution in [1.29, 1.82) is 0 Å². The number of benzene rings is 1. The van der Waals surface area contributed by atoms with E-state index in [4.69, 9.17) is 4.98 Å². The second-order valence-corrected chi connectivity index (χ2v) is 7.96. The zero-order chi connectivity index (χ0) is 20.4. The standard InChI is InChI=1S/C22H22BrN5O/c1-14-5-3-6-16(13-14)17-9-10-18-21(25-17)28(15(2)11-12-24-18)22(29)27-20-8-4-7-19(23)26-20/h3-10,13,15,24H,11-12H2,1-2H3,(H,26,27,29)/t15-/m1/s1. The van der Waals surface area contributed by atoms with E-state index in [1.165, 1.54) is 5.56 Å². The molecule has 0 saturated heterocycles. The number of pyridine rings is 2. The third-order valence-corrected chi connectivity index (χ3v) is 5.35. The molecular formula is C22H22BrN5O. The van der Waals surface area contributed by atoms with E-state index in [2.05, 4.69) is 50.6 Å². The number of aryl methyl sites for hydroxylation is 1. The lowest BCUT2D eigenvalue weighted by Crippen LogP contribution is -2.42. The average Bonchev–Trinajstić information content (AvgIpc) is 2.85. The van der Waals surface area contributed by atoms with Crippen molar-refractivity contribution in [1.82, 2.24) is 9.97 Å². The van der Waals surface area contributed by atoms with Gasteiger partial charge in [0.2, 0.25) is 0 Å². The summed E-state index contributed by atoms with van der Waals surface area (Å²) in [6.45, 7) is 4.87. The van der Waals surface area contributed by atoms with Crippen LogP contribution in [0, 0.1) is 6.92 Å². The number of hydrogen-bond acceptors (Lipinski definition) is 4. The van der Waals surface area contributed by atoms with Crippen LogP contribution in [0.1, 0.15) is 18.9 Å². The van der Waals surface area contributed by atoms with Crippen LogP contribution in [0.5, 0.6) is 0 Å². The lowest BCUT2D eigenvalue weighted by molar-refractivity contribution is 0.255. The fourth-order valence-electron chi connectivity index (χ4n) is 3.43. The highest BCUT2D eigenvalue weighted by atomic mass is 79.9. The molecule has 1 aliphatic heterocycles. The quantitative estimate of drug-likeness (QED) is 0.507. The topological polar surface area (TPSA) is 70.2 Å². The maximum Gasteiger partial charge on any atom is 0.328 e. The fourth-order valence-corrected chi connectivity index (χ4v) is 3.78. The van der Waals surface area contributed by atoms with Gasteiger partial charge in [-0.2, -0.15) is 0 Å². The molecule has 29 heavy (non-hydrogen) atoms. The molecule has 3 heterocycles. The first-order chi connectivity index (χ1) is 14.0. The summed E-state index contributed by atoms with van der Waals surface area (Å²) in [6, 6.07) is 17.3. The molecule has 0 unspecified atom stereocenters. The number of nitrogens with one attached hydrogen (secondary N) is 2. The second-order valence-electron chi connectivity index (χ2n) is 7.15. The number of aromatic nitrogens is 2. The van der Waals surface area contributed by atoms with Crippen LogP contribution in [-0.4, -0.2) is 28.6 Å². The monoisotopic (exact) mass is 451 g/mol. The van der Waals surface area contributed by atoms with Crippen molar-refractivity contribution in [2.45, 2.75) is 26.3 Å². The van der Waals surface area contributed by atoms with Crippen molar-refractivity contribution in [2.24, 2.45) is 0 Å². The summed E-state index contributed by atoms with van der Waals surface area (Å²) in [7, 11) is 0. The zero-order valence-electron chi connectivity index (χ0n) is 16.3. The maximum absolute atomic E-state index is 13.2. The van der Waals surface area contributed by atoms with E-state index >= 15 is 0 Å². The maximum atomic E-state index is 13.2. The third-order valence-electron chi connectivity index (χ3n) is 4.90. The van der Waals surface area contributed by atoms with E-state index in [-0.39, 0.29) is 12.1 Å². The SMILES string of the molecule is Cc1cccc(-c2ccc3c(n2)N(C(=O)Nc2cccc(Br)n2)[C@H](C)CCN3)c1. The van der Waals surface area contributed by atoms with Crippen LogP contribution in [0.2, 0.25) is 0 Å². The first-order valence-corrected chi connectivity index (χ1v) is 10.4. The molecule has 6 nitrogen and oxygen atoms in total. The highest BCUT2D eigenvalue weighted by molar-refractivity contribution is 9.10. The normalized spacial score (nSPS) is 15.8. The van der Waals surface area contributed by atoms with Crippen molar-refractivity contribution in [2.75, 3.05) is 22.1 Å². The molecule has 3 aromatic rings. The predicted molar refractivity (Wildman–Crippen MR) is 120 cm³/mol. The van der Waals surface area contributed by atoms with Gasteiger partial charge in [-0.3, -0.25) is 10.2 Å². The summed E-state index contributed by atoms with van der Waals surface area (Å²) in [5.41, 5.74) is 3.88. The Morgan fingerprint density at radius 1 is 1.17 bits per heavy atom. The molecule has 1 aliphatic rings. The number of nitrogens with zero attached hydrogens (tertiary/aromatic N) is 3. The van der Waals surface area contributed by atoms with E-state index < -0.39 is 0 Å². The predicted octanol–water partition coefficient (Wildman–Crippen LogP) is 5.46. The minimum atomic E-state index is -0.248. The Labute approximate surface area is 178 Å². The number of carbonyl (C=O) groups is 1. The molecule has 0 aliphatic carbocycles. The molecule has 2 aromatic heterocycles. The number of carbonyl (C=O) groups excluding carboxylic acids is 1. The first-order valence-electron chi connectivity index (χ1n) is 9.56. The van der Waals surface area contributed by atoms with Crippen molar-refractivity contribution < 1.29 is 4.79 Å². The summed E-state index contributed by atoms with van der Waals surface area (Å²) in [5, 5.41) is 6.29. The highest BCUT2D eigenvalue weighted by Crippen LogP contribution is 2.32.